The molecule has 0 spiro atoms. The maximum Gasteiger partial charge on any atom is 0.411 e. The Kier molecular flexibility index (Phi) is 5.28. The van der Waals surface area contributed by atoms with Gasteiger partial charge in [0.1, 0.15) is 18.5 Å². The maximum absolute atomic E-state index is 12.0. The average Bonchev–Trinajstić information content (AvgIpc) is 2.49. The number of ether oxygens (including phenoxy) is 2. The molecule has 1 aromatic rings. The molecule has 0 aromatic heterocycles. The highest BCUT2D eigenvalue weighted by atomic mass is 19.4. The number of nitrogens with one attached hydrogen (secondary N) is 1. The van der Waals surface area contributed by atoms with Gasteiger partial charge in [0.25, 0.3) is 0 Å². The summed E-state index contributed by atoms with van der Waals surface area (Å²) in [5.41, 5.74) is 1.06. The van der Waals surface area contributed by atoms with E-state index in [4.69, 9.17) is 4.74 Å². The highest BCUT2D eigenvalue weighted by Crippen LogP contribution is 2.26. The number of alkyl halides is 3. The van der Waals surface area contributed by atoms with Crippen molar-refractivity contribution in [1.82, 2.24) is 5.32 Å². The molecule has 7 heteroatoms. The highest BCUT2D eigenvalue weighted by Gasteiger charge is 2.30. The SMILES string of the molecule is C[C@H](OCC(F)(F)F)C(=O)NC[C@H]1COc2ccccc2C1. The third kappa shape index (κ3) is 4.91. The number of benzene rings is 1. The Morgan fingerprint density at radius 1 is 1.45 bits per heavy atom. The summed E-state index contributed by atoms with van der Waals surface area (Å²) in [4.78, 5) is 11.7. The van der Waals surface area contributed by atoms with E-state index in [1.54, 1.807) is 0 Å². The third-order valence-electron chi connectivity index (χ3n) is 3.39. The van der Waals surface area contributed by atoms with Gasteiger partial charge in [-0.3, -0.25) is 4.79 Å². The van der Waals surface area contributed by atoms with Crippen LogP contribution in [-0.2, 0) is 16.0 Å². The van der Waals surface area contributed by atoms with Crippen molar-refractivity contribution < 1.29 is 27.4 Å². The van der Waals surface area contributed by atoms with Crippen LogP contribution in [0.3, 0.4) is 0 Å². The smallest absolute Gasteiger partial charge is 0.411 e. The zero-order chi connectivity index (χ0) is 16.2. The molecule has 0 saturated carbocycles. The number of carbonyl (C=O) groups is 1. The van der Waals surface area contributed by atoms with Crippen molar-refractivity contribution >= 4 is 5.91 Å². The number of para-hydroxylation sites is 1. The fourth-order valence-corrected chi connectivity index (χ4v) is 2.21. The molecule has 1 aliphatic heterocycles. The Balaban J connectivity index is 1.75. The lowest BCUT2D eigenvalue weighted by molar-refractivity contribution is -0.185. The average molecular weight is 317 g/mol. The molecule has 1 aromatic carbocycles. The van der Waals surface area contributed by atoms with Crippen molar-refractivity contribution in [1.29, 1.82) is 0 Å². The maximum atomic E-state index is 12.0. The summed E-state index contributed by atoms with van der Waals surface area (Å²) >= 11 is 0. The lowest BCUT2D eigenvalue weighted by Crippen LogP contribution is -2.41. The molecule has 1 amide bonds. The van der Waals surface area contributed by atoms with Gasteiger partial charge in [-0.05, 0) is 25.0 Å². The van der Waals surface area contributed by atoms with Gasteiger partial charge in [-0.2, -0.15) is 13.2 Å². The molecule has 0 fully saturated rings. The third-order valence-corrected chi connectivity index (χ3v) is 3.39. The van der Waals surface area contributed by atoms with Crippen LogP contribution in [0, 0.1) is 5.92 Å². The number of hydrogen-bond acceptors (Lipinski definition) is 3. The van der Waals surface area contributed by atoms with E-state index in [0.29, 0.717) is 13.2 Å². The molecule has 2 atom stereocenters. The largest absolute Gasteiger partial charge is 0.493 e. The fraction of sp³-hybridized carbons (Fsp3) is 0.533. The van der Waals surface area contributed by atoms with Crippen molar-refractivity contribution in [2.75, 3.05) is 19.8 Å². The minimum atomic E-state index is -4.44. The zero-order valence-electron chi connectivity index (χ0n) is 12.2. The molecule has 4 nitrogen and oxygen atoms in total. The molecule has 1 aliphatic rings. The van der Waals surface area contributed by atoms with Crippen molar-refractivity contribution in [3.05, 3.63) is 29.8 Å². The molecule has 0 bridgehead atoms. The van der Waals surface area contributed by atoms with Gasteiger partial charge in [-0.1, -0.05) is 18.2 Å². The zero-order valence-corrected chi connectivity index (χ0v) is 12.2. The normalized spacial score (nSPS) is 19.0. The van der Waals surface area contributed by atoms with Crippen LogP contribution in [0.15, 0.2) is 24.3 Å². The Morgan fingerprint density at radius 2 is 2.18 bits per heavy atom. The second-order valence-corrected chi connectivity index (χ2v) is 5.30. The number of halogens is 3. The lowest BCUT2D eigenvalue weighted by atomic mass is 9.97. The number of fused-ring (bicyclic) bond motifs is 1. The molecule has 0 unspecified atom stereocenters. The van der Waals surface area contributed by atoms with Gasteiger partial charge in [0.05, 0.1) is 6.61 Å². The first-order chi connectivity index (χ1) is 10.3. The first kappa shape index (κ1) is 16.6. The van der Waals surface area contributed by atoms with Crippen molar-refractivity contribution in [3.8, 4) is 5.75 Å². The summed E-state index contributed by atoms with van der Waals surface area (Å²) in [7, 11) is 0. The van der Waals surface area contributed by atoms with Crippen LogP contribution in [0.1, 0.15) is 12.5 Å². The molecule has 1 N–H and O–H groups in total. The molecule has 0 aliphatic carbocycles. The second kappa shape index (κ2) is 7.00. The van der Waals surface area contributed by atoms with Crippen LogP contribution < -0.4 is 10.1 Å². The van der Waals surface area contributed by atoms with E-state index in [9.17, 15) is 18.0 Å². The minimum Gasteiger partial charge on any atom is -0.493 e. The first-order valence-electron chi connectivity index (χ1n) is 7.02. The molecule has 122 valence electrons. The van der Waals surface area contributed by atoms with Gasteiger partial charge in [0, 0.05) is 12.5 Å². The number of amides is 1. The monoisotopic (exact) mass is 317 g/mol. The number of hydrogen-bond donors (Lipinski definition) is 1. The van der Waals surface area contributed by atoms with E-state index in [-0.39, 0.29) is 5.92 Å². The summed E-state index contributed by atoms with van der Waals surface area (Å²) in [5.74, 6) is 0.378. The molecular formula is C15H18F3NO3. The van der Waals surface area contributed by atoms with Crippen LogP contribution >= 0.6 is 0 Å². The van der Waals surface area contributed by atoms with Gasteiger partial charge in [0.15, 0.2) is 0 Å². The Labute approximate surface area is 126 Å². The number of rotatable bonds is 5. The number of carbonyl (C=O) groups excluding carboxylic acids is 1. The van der Waals surface area contributed by atoms with Gasteiger partial charge >= 0.3 is 6.18 Å². The van der Waals surface area contributed by atoms with Crippen molar-refractivity contribution in [2.45, 2.75) is 25.6 Å². The minimum absolute atomic E-state index is 0.0914. The Morgan fingerprint density at radius 3 is 2.91 bits per heavy atom. The Hall–Kier alpha value is -1.76. The highest BCUT2D eigenvalue weighted by molar-refractivity contribution is 5.80. The fourth-order valence-electron chi connectivity index (χ4n) is 2.21. The quantitative estimate of drug-likeness (QED) is 0.907. The van der Waals surface area contributed by atoms with E-state index >= 15 is 0 Å². The van der Waals surface area contributed by atoms with Crippen molar-refractivity contribution in [3.63, 3.8) is 0 Å². The summed E-state index contributed by atoms with van der Waals surface area (Å²) < 4.78 is 46.2. The Bertz CT molecular complexity index is 519. The molecule has 2 rings (SSSR count). The summed E-state index contributed by atoms with van der Waals surface area (Å²) in [6.45, 7) is 0.678. The molecule has 1 heterocycles. The van der Waals surface area contributed by atoms with E-state index in [1.807, 2.05) is 24.3 Å². The molecule has 22 heavy (non-hydrogen) atoms. The summed E-state index contributed by atoms with van der Waals surface area (Å²) in [5, 5.41) is 2.61. The van der Waals surface area contributed by atoms with Gasteiger partial charge < -0.3 is 14.8 Å². The van der Waals surface area contributed by atoms with Crippen LogP contribution in [0.2, 0.25) is 0 Å². The molecule has 0 radical (unpaired) electrons. The molecule has 0 saturated heterocycles. The molecular weight excluding hydrogens is 299 g/mol. The van der Waals surface area contributed by atoms with E-state index in [2.05, 4.69) is 10.1 Å². The van der Waals surface area contributed by atoms with Crippen LogP contribution in [0.25, 0.3) is 0 Å². The lowest BCUT2D eigenvalue weighted by Gasteiger charge is -2.26. The van der Waals surface area contributed by atoms with E-state index < -0.39 is 24.8 Å². The van der Waals surface area contributed by atoms with Crippen LogP contribution in [0.5, 0.6) is 5.75 Å². The van der Waals surface area contributed by atoms with Gasteiger partial charge in [-0.25, -0.2) is 0 Å². The van der Waals surface area contributed by atoms with Gasteiger partial charge in [-0.15, -0.1) is 0 Å². The standard InChI is InChI=1S/C15H18F3NO3/c1-10(22-9-15(16,17)18)14(20)19-7-11-6-12-4-2-3-5-13(12)21-8-11/h2-5,10-11H,6-9H2,1H3,(H,19,20)/t10-,11-/m0/s1. The predicted molar refractivity (Wildman–Crippen MR) is 73.6 cm³/mol. The van der Waals surface area contributed by atoms with Crippen LogP contribution in [0.4, 0.5) is 13.2 Å². The summed E-state index contributed by atoms with van der Waals surface area (Å²) in [6, 6.07) is 7.65. The van der Waals surface area contributed by atoms with Crippen molar-refractivity contribution in [2.24, 2.45) is 5.92 Å². The van der Waals surface area contributed by atoms with E-state index in [0.717, 1.165) is 17.7 Å². The topological polar surface area (TPSA) is 47.6 Å². The summed E-state index contributed by atoms with van der Waals surface area (Å²) in [6.07, 6.45) is -4.82. The second-order valence-electron chi connectivity index (χ2n) is 5.30. The van der Waals surface area contributed by atoms with Crippen LogP contribution in [-0.4, -0.2) is 37.9 Å². The van der Waals surface area contributed by atoms with Gasteiger partial charge in [0.2, 0.25) is 5.91 Å². The first-order valence-corrected chi connectivity index (χ1v) is 7.02. The predicted octanol–water partition coefficient (Wildman–Crippen LogP) is 2.32. The van der Waals surface area contributed by atoms with E-state index in [1.165, 1.54) is 6.92 Å².